The van der Waals surface area contributed by atoms with Crippen molar-refractivity contribution in [1.29, 1.82) is 0 Å². The summed E-state index contributed by atoms with van der Waals surface area (Å²) in [5.74, 6) is -0.427. The van der Waals surface area contributed by atoms with Gasteiger partial charge in [0.2, 0.25) is 5.91 Å². The molecule has 1 heterocycles. The van der Waals surface area contributed by atoms with Gasteiger partial charge in [0.25, 0.3) is 0 Å². The van der Waals surface area contributed by atoms with Gasteiger partial charge in [0.15, 0.2) is 0 Å². The molecule has 1 aromatic rings. The molecule has 7 heteroatoms. The number of alkyl halides is 3. The summed E-state index contributed by atoms with van der Waals surface area (Å²) >= 11 is 0. The zero-order valence-electron chi connectivity index (χ0n) is 11.6. The molecule has 0 bridgehead atoms. The van der Waals surface area contributed by atoms with E-state index in [0.29, 0.717) is 31.9 Å². The highest BCUT2D eigenvalue weighted by molar-refractivity contribution is 5.76. The van der Waals surface area contributed by atoms with Crippen LogP contribution in [0.3, 0.4) is 0 Å². The number of anilines is 2. The fourth-order valence-corrected chi connectivity index (χ4v) is 2.31. The van der Waals surface area contributed by atoms with Gasteiger partial charge in [-0.05, 0) is 24.3 Å². The smallest absolute Gasteiger partial charge is 0.389 e. The molecule has 4 nitrogen and oxygen atoms in total. The second-order valence-corrected chi connectivity index (χ2v) is 5.07. The summed E-state index contributed by atoms with van der Waals surface area (Å²) in [6, 6.07) is 7.40. The number of rotatable bonds is 3. The number of nitrogen functional groups attached to an aromatic ring is 1. The monoisotopic (exact) mass is 301 g/mol. The summed E-state index contributed by atoms with van der Waals surface area (Å²) in [7, 11) is 0. The summed E-state index contributed by atoms with van der Waals surface area (Å²) in [6.07, 6.45) is -5.79. The number of carbonyl (C=O) groups excluding carboxylic acids is 1. The van der Waals surface area contributed by atoms with E-state index in [9.17, 15) is 18.0 Å². The van der Waals surface area contributed by atoms with Crippen LogP contribution >= 0.6 is 0 Å². The Morgan fingerprint density at radius 3 is 2.19 bits per heavy atom. The zero-order chi connectivity index (χ0) is 15.5. The van der Waals surface area contributed by atoms with Crippen LogP contribution in [0.1, 0.15) is 12.8 Å². The maximum Gasteiger partial charge on any atom is 0.389 e. The van der Waals surface area contributed by atoms with E-state index in [1.807, 2.05) is 12.1 Å². The molecule has 0 saturated carbocycles. The molecule has 1 aromatic carbocycles. The highest BCUT2D eigenvalue weighted by Gasteiger charge is 2.30. The minimum Gasteiger partial charge on any atom is -0.399 e. The van der Waals surface area contributed by atoms with E-state index in [2.05, 4.69) is 4.90 Å². The number of halogens is 3. The molecule has 0 aliphatic carbocycles. The van der Waals surface area contributed by atoms with Crippen molar-refractivity contribution in [3.05, 3.63) is 24.3 Å². The average molecular weight is 301 g/mol. The lowest BCUT2D eigenvalue weighted by atomic mass is 10.2. The average Bonchev–Trinajstić information content (AvgIpc) is 2.45. The van der Waals surface area contributed by atoms with Gasteiger partial charge >= 0.3 is 6.18 Å². The van der Waals surface area contributed by atoms with E-state index in [1.165, 1.54) is 4.90 Å². The number of amides is 1. The van der Waals surface area contributed by atoms with Gasteiger partial charge in [0, 0.05) is 44.0 Å². The van der Waals surface area contributed by atoms with E-state index in [0.717, 1.165) is 5.69 Å². The standard InChI is InChI=1S/C14H18F3N3O/c15-14(16,17)6-5-13(21)20-9-7-19(8-10-20)12-3-1-11(18)2-4-12/h1-4H,5-10,18H2. The Morgan fingerprint density at radius 2 is 1.67 bits per heavy atom. The van der Waals surface area contributed by atoms with E-state index in [-0.39, 0.29) is 0 Å². The van der Waals surface area contributed by atoms with Gasteiger partial charge < -0.3 is 15.5 Å². The van der Waals surface area contributed by atoms with Crippen LogP contribution in [-0.4, -0.2) is 43.2 Å². The van der Waals surface area contributed by atoms with Crippen molar-refractivity contribution in [3.8, 4) is 0 Å². The Bertz CT molecular complexity index is 479. The number of hydrogen-bond donors (Lipinski definition) is 1. The van der Waals surface area contributed by atoms with Gasteiger partial charge in [-0.15, -0.1) is 0 Å². The normalized spacial score (nSPS) is 16.1. The number of carbonyl (C=O) groups is 1. The molecule has 0 unspecified atom stereocenters. The quantitative estimate of drug-likeness (QED) is 0.871. The van der Waals surface area contributed by atoms with Gasteiger partial charge in [-0.3, -0.25) is 4.79 Å². The number of nitrogens with zero attached hydrogens (tertiary/aromatic N) is 2. The van der Waals surface area contributed by atoms with Gasteiger partial charge in [-0.2, -0.15) is 13.2 Å². The van der Waals surface area contributed by atoms with Crippen LogP contribution in [0.15, 0.2) is 24.3 Å². The Kier molecular flexibility index (Phi) is 4.59. The van der Waals surface area contributed by atoms with E-state index in [1.54, 1.807) is 12.1 Å². The van der Waals surface area contributed by atoms with Crippen LogP contribution in [0.5, 0.6) is 0 Å². The van der Waals surface area contributed by atoms with Crippen LogP contribution in [0, 0.1) is 0 Å². The van der Waals surface area contributed by atoms with Crippen molar-refractivity contribution >= 4 is 17.3 Å². The molecular weight excluding hydrogens is 283 g/mol. The predicted octanol–water partition coefficient (Wildman–Crippen LogP) is 2.26. The molecule has 21 heavy (non-hydrogen) atoms. The first-order valence-corrected chi connectivity index (χ1v) is 6.80. The van der Waals surface area contributed by atoms with Gasteiger partial charge in [-0.1, -0.05) is 0 Å². The van der Waals surface area contributed by atoms with Crippen molar-refractivity contribution < 1.29 is 18.0 Å². The second-order valence-electron chi connectivity index (χ2n) is 5.07. The molecule has 1 amide bonds. The molecule has 1 aliphatic heterocycles. The third kappa shape index (κ3) is 4.54. The third-order valence-corrected chi connectivity index (χ3v) is 3.51. The number of benzene rings is 1. The first-order valence-electron chi connectivity index (χ1n) is 6.80. The topological polar surface area (TPSA) is 49.6 Å². The van der Waals surface area contributed by atoms with Crippen molar-refractivity contribution in [2.75, 3.05) is 36.8 Å². The maximum absolute atomic E-state index is 12.1. The molecule has 2 N–H and O–H groups in total. The molecule has 1 saturated heterocycles. The summed E-state index contributed by atoms with van der Waals surface area (Å²) in [6.45, 7) is 2.12. The molecular formula is C14H18F3N3O. The fraction of sp³-hybridized carbons (Fsp3) is 0.500. The van der Waals surface area contributed by atoms with Gasteiger partial charge in [0.1, 0.15) is 0 Å². The van der Waals surface area contributed by atoms with Crippen LogP contribution in [0.25, 0.3) is 0 Å². The van der Waals surface area contributed by atoms with Crippen molar-refractivity contribution in [2.24, 2.45) is 0 Å². The predicted molar refractivity (Wildman–Crippen MR) is 74.9 cm³/mol. The highest BCUT2D eigenvalue weighted by atomic mass is 19.4. The van der Waals surface area contributed by atoms with Crippen LogP contribution < -0.4 is 10.6 Å². The van der Waals surface area contributed by atoms with Crippen LogP contribution in [-0.2, 0) is 4.79 Å². The lowest BCUT2D eigenvalue weighted by Crippen LogP contribution is -2.48. The summed E-state index contributed by atoms with van der Waals surface area (Å²) in [5.41, 5.74) is 7.31. The molecule has 1 aliphatic rings. The summed E-state index contributed by atoms with van der Waals surface area (Å²) in [4.78, 5) is 15.3. The lowest BCUT2D eigenvalue weighted by Gasteiger charge is -2.36. The fourth-order valence-electron chi connectivity index (χ4n) is 2.31. The Labute approximate surface area is 121 Å². The highest BCUT2D eigenvalue weighted by Crippen LogP contribution is 2.23. The van der Waals surface area contributed by atoms with Crippen molar-refractivity contribution in [1.82, 2.24) is 4.90 Å². The van der Waals surface area contributed by atoms with Gasteiger partial charge in [-0.25, -0.2) is 0 Å². The lowest BCUT2D eigenvalue weighted by molar-refractivity contribution is -0.149. The maximum atomic E-state index is 12.1. The first-order chi connectivity index (χ1) is 9.85. The molecule has 0 aromatic heterocycles. The third-order valence-electron chi connectivity index (χ3n) is 3.51. The number of nitrogens with two attached hydrogens (primary N) is 1. The zero-order valence-corrected chi connectivity index (χ0v) is 11.6. The summed E-state index contributed by atoms with van der Waals surface area (Å²) in [5, 5.41) is 0. The molecule has 2 rings (SSSR count). The van der Waals surface area contributed by atoms with Crippen LogP contribution in [0.4, 0.5) is 24.5 Å². The minimum atomic E-state index is -4.28. The molecule has 116 valence electrons. The molecule has 1 fully saturated rings. The first kappa shape index (κ1) is 15.5. The largest absolute Gasteiger partial charge is 0.399 e. The Morgan fingerprint density at radius 1 is 1.10 bits per heavy atom. The SMILES string of the molecule is Nc1ccc(N2CCN(C(=O)CCC(F)(F)F)CC2)cc1. The van der Waals surface area contributed by atoms with Gasteiger partial charge in [0.05, 0.1) is 6.42 Å². The Hall–Kier alpha value is -1.92. The molecule has 0 radical (unpaired) electrons. The van der Waals surface area contributed by atoms with Crippen LogP contribution in [0.2, 0.25) is 0 Å². The Balaban J connectivity index is 1.82. The van der Waals surface area contributed by atoms with Crippen molar-refractivity contribution in [2.45, 2.75) is 19.0 Å². The van der Waals surface area contributed by atoms with E-state index < -0.39 is 24.9 Å². The second kappa shape index (κ2) is 6.24. The molecule has 0 atom stereocenters. The summed E-state index contributed by atoms with van der Waals surface area (Å²) < 4.78 is 36.3. The van der Waals surface area contributed by atoms with Crippen molar-refractivity contribution in [3.63, 3.8) is 0 Å². The minimum absolute atomic E-state index is 0.427. The number of hydrogen-bond acceptors (Lipinski definition) is 3. The molecule has 0 spiro atoms. The number of piperazine rings is 1. The van der Waals surface area contributed by atoms with E-state index in [4.69, 9.17) is 5.73 Å². The van der Waals surface area contributed by atoms with E-state index >= 15 is 0 Å².